The zero-order chi connectivity index (χ0) is 15.8. The number of methoxy groups -OCH3 is 1. The summed E-state index contributed by atoms with van der Waals surface area (Å²) in [6, 6.07) is 15.5. The van der Waals surface area contributed by atoms with Crippen LogP contribution in [0.5, 0.6) is 17.2 Å². The van der Waals surface area contributed by atoms with E-state index >= 15 is 0 Å². The van der Waals surface area contributed by atoms with Gasteiger partial charge in [0.25, 0.3) is 0 Å². The molecule has 0 atom stereocenters. The average Bonchev–Trinajstić information content (AvgIpc) is 2.53. The molecule has 2 rings (SSSR count). The second-order valence-corrected chi connectivity index (χ2v) is 5.11. The Kier molecular flexibility index (Phi) is 5.95. The first-order valence-corrected chi connectivity index (χ1v) is 7.45. The molecular weight excluding hydrogens is 278 g/mol. The number of anilines is 1. The minimum atomic E-state index is 0.151. The van der Waals surface area contributed by atoms with Crippen LogP contribution in [0.1, 0.15) is 13.8 Å². The van der Waals surface area contributed by atoms with Crippen LogP contribution in [0.25, 0.3) is 0 Å². The van der Waals surface area contributed by atoms with Crippen molar-refractivity contribution in [3.05, 3.63) is 48.5 Å². The third-order valence-electron chi connectivity index (χ3n) is 3.00. The summed E-state index contributed by atoms with van der Waals surface area (Å²) in [6.07, 6.45) is 0.151. The second kappa shape index (κ2) is 8.17. The fourth-order valence-electron chi connectivity index (χ4n) is 2.00. The highest BCUT2D eigenvalue weighted by atomic mass is 16.5. The molecule has 22 heavy (non-hydrogen) atoms. The summed E-state index contributed by atoms with van der Waals surface area (Å²) >= 11 is 0. The maximum absolute atomic E-state index is 5.77. The Bertz CT molecular complexity index is 567. The molecule has 118 valence electrons. The molecule has 0 amide bonds. The summed E-state index contributed by atoms with van der Waals surface area (Å²) in [4.78, 5) is 0. The number of benzene rings is 2. The van der Waals surface area contributed by atoms with E-state index in [2.05, 4.69) is 5.32 Å². The van der Waals surface area contributed by atoms with Crippen LogP contribution >= 0.6 is 0 Å². The van der Waals surface area contributed by atoms with Gasteiger partial charge in [0.1, 0.15) is 23.9 Å². The molecule has 1 N–H and O–H groups in total. The summed E-state index contributed by atoms with van der Waals surface area (Å²) in [6.45, 7) is 5.31. The van der Waals surface area contributed by atoms with Gasteiger partial charge in [0.05, 0.1) is 18.9 Å². The Hall–Kier alpha value is -2.36. The van der Waals surface area contributed by atoms with Crippen LogP contribution in [0.2, 0.25) is 0 Å². The molecule has 0 aromatic heterocycles. The highest BCUT2D eigenvalue weighted by Gasteiger charge is 2.04. The van der Waals surface area contributed by atoms with E-state index in [1.54, 1.807) is 7.11 Å². The van der Waals surface area contributed by atoms with E-state index in [1.807, 2.05) is 62.4 Å². The molecule has 0 bridgehead atoms. The van der Waals surface area contributed by atoms with Crippen molar-refractivity contribution in [2.75, 3.05) is 25.6 Å². The molecular formula is C18H23NO3. The van der Waals surface area contributed by atoms with E-state index in [4.69, 9.17) is 14.2 Å². The normalized spacial score (nSPS) is 10.4. The highest BCUT2D eigenvalue weighted by molar-refractivity contribution is 5.56. The first kappa shape index (κ1) is 16.0. The molecule has 0 aliphatic heterocycles. The maximum Gasteiger partial charge on any atom is 0.142 e. The number of para-hydroxylation sites is 2. The van der Waals surface area contributed by atoms with Crippen molar-refractivity contribution in [2.24, 2.45) is 0 Å². The Morgan fingerprint density at radius 1 is 0.955 bits per heavy atom. The molecule has 0 aliphatic rings. The van der Waals surface area contributed by atoms with E-state index in [0.29, 0.717) is 13.2 Å². The van der Waals surface area contributed by atoms with E-state index in [9.17, 15) is 0 Å². The van der Waals surface area contributed by atoms with Gasteiger partial charge in [-0.1, -0.05) is 12.1 Å². The number of hydrogen-bond donors (Lipinski definition) is 1. The van der Waals surface area contributed by atoms with Gasteiger partial charge in [-0.15, -0.1) is 0 Å². The molecule has 0 saturated heterocycles. The summed E-state index contributed by atoms with van der Waals surface area (Å²) in [5, 5.41) is 3.34. The largest absolute Gasteiger partial charge is 0.497 e. The lowest BCUT2D eigenvalue weighted by molar-refractivity contribution is 0.243. The fourth-order valence-corrected chi connectivity index (χ4v) is 2.00. The Balaban J connectivity index is 1.81. The topological polar surface area (TPSA) is 39.7 Å². The SMILES string of the molecule is COc1ccc(OCCNc2ccccc2OC(C)C)cc1. The Morgan fingerprint density at radius 2 is 1.64 bits per heavy atom. The molecule has 0 unspecified atom stereocenters. The molecule has 4 heteroatoms. The third-order valence-corrected chi connectivity index (χ3v) is 3.00. The predicted octanol–water partition coefficient (Wildman–Crippen LogP) is 3.97. The van der Waals surface area contributed by atoms with Crippen molar-refractivity contribution in [1.82, 2.24) is 0 Å². The van der Waals surface area contributed by atoms with E-state index in [-0.39, 0.29) is 6.10 Å². The average molecular weight is 301 g/mol. The molecule has 2 aromatic carbocycles. The standard InChI is InChI=1S/C18H23NO3/c1-14(2)22-18-7-5-4-6-17(18)19-12-13-21-16-10-8-15(20-3)9-11-16/h4-11,14,19H,12-13H2,1-3H3. The van der Waals surface area contributed by atoms with Crippen molar-refractivity contribution in [1.29, 1.82) is 0 Å². The van der Waals surface area contributed by atoms with Gasteiger partial charge in [-0.25, -0.2) is 0 Å². The Morgan fingerprint density at radius 3 is 2.32 bits per heavy atom. The number of nitrogens with one attached hydrogen (secondary N) is 1. The van der Waals surface area contributed by atoms with Crippen molar-refractivity contribution in [3.8, 4) is 17.2 Å². The van der Waals surface area contributed by atoms with Gasteiger partial charge in [0.2, 0.25) is 0 Å². The molecule has 0 spiro atoms. The molecule has 0 heterocycles. The molecule has 0 aliphatic carbocycles. The van der Waals surface area contributed by atoms with E-state index in [1.165, 1.54) is 0 Å². The zero-order valence-corrected chi connectivity index (χ0v) is 13.3. The maximum atomic E-state index is 5.77. The minimum absolute atomic E-state index is 0.151. The minimum Gasteiger partial charge on any atom is -0.497 e. The second-order valence-electron chi connectivity index (χ2n) is 5.11. The first-order chi connectivity index (χ1) is 10.7. The van der Waals surface area contributed by atoms with E-state index in [0.717, 1.165) is 22.9 Å². The first-order valence-electron chi connectivity index (χ1n) is 7.45. The Labute approximate surface area is 132 Å². The predicted molar refractivity (Wildman–Crippen MR) is 89.2 cm³/mol. The van der Waals surface area contributed by atoms with Gasteiger partial charge in [-0.05, 0) is 50.2 Å². The zero-order valence-electron chi connectivity index (χ0n) is 13.3. The van der Waals surface area contributed by atoms with Crippen LogP contribution in [0.4, 0.5) is 5.69 Å². The molecule has 4 nitrogen and oxygen atoms in total. The number of rotatable bonds is 8. The van der Waals surface area contributed by atoms with Crippen LogP contribution < -0.4 is 19.5 Å². The van der Waals surface area contributed by atoms with Gasteiger partial charge >= 0.3 is 0 Å². The summed E-state index contributed by atoms with van der Waals surface area (Å²) in [7, 11) is 1.65. The fraction of sp³-hybridized carbons (Fsp3) is 0.333. The summed E-state index contributed by atoms with van der Waals surface area (Å²) in [5.74, 6) is 2.52. The molecule has 0 radical (unpaired) electrons. The highest BCUT2D eigenvalue weighted by Crippen LogP contribution is 2.24. The van der Waals surface area contributed by atoms with Crippen molar-refractivity contribution < 1.29 is 14.2 Å². The van der Waals surface area contributed by atoms with Crippen LogP contribution in [-0.4, -0.2) is 26.4 Å². The monoisotopic (exact) mass is 301 g/mol. The van der Waals surface area contributed by atoms with Gasteiger partial charge in [-0.2, -0.15) is 0 Å². The van der Waals surface area contributed by atoms with Gasteiger partial charge in [-0.3, -0.25) is 0 Å². The van der Waals surface area contributed by atoms with Crippen LogP contribution in [0.15, 0.2) is 48.5 Å². The van der Waals surface area contributed by atoms with Crippen LogP contribution in [0, 0.1) is 0 Å². The van der Waals surface area contributed by atoms with Crippen molar-refractivity contribution in [3.63, 3.8) is 0 Å². The summed E-state index contributed by atoms with van der Waals surface area (Å²) in [5.41, 5.74) is 0.981. The van der Waals surface area contributed by atoms with Crippen molar-refractivity contribution >= 4 is 5.69 Å². The smallest absolute Gasteiger partial charge is 0.142 e. The molecule has 0 fully saturated rings. The quantitative estimate of drug-likeness (QED) is 0.749. The molecule has 0 saturated carbocycles. The van der Waals surface area contributed by atoms with Gasteiger partial charge in [0, 0.05) is 6.54 Å². The van der Waals surface area contributed by atoms with Gasteiger partial charge in [0.15, 0.2) is 0 Å². The lowest BCUT2D eigenvalue weighted by Gasteiger charge is -2.15. The van der Waals surface area contributed by atoms with Crippen LogP contribution in [0.3, 0.4) is 0 Å². The third kappa shape index (κ3) is 4.88. The van der Waals surface area contributed by atoms with E-state index < -0.39 is 0 Å². The summed E-state index contributed by atoms with van der Waals surface area (Å²) < 4.78 is 16.6. The number of ether oxygens (including phenoxy) is 3. The lowest BCUT2D eigenvalue weighted by atomic mass is 10.3. The van der Waals surface area contributed by atoms with Gasteiger partial charge < -0.3 is 19.5 Å². The van der Waals surface area contributed by atoms with Crippen LogP contribution in [-0.2, 0) is 0 Å². The molecule has 2 aromatic rings. The van der Waals surface area contributed by atoms with Crippen molar-refractivity contribution in [2.45, 2.75) is 20.0 Å². The lowest BCUT2D eigenvalue weighted by Crippen LogP contribution is -2.13. The number of hydrogen-bond acceptors (Lipinski definition) is 4.